The monoisotopic (exact) mass is 279 g/mol. The molecule has 2 N–H and O–H groups in total. The molecule has 1 heterocycles. The van der Waals surface area contributed by atoms with Crippen molar-refractivity contribution >= 4 is 29.2 Å². The van der Waals surface area contributed by atoms with Crippen molar-refractivity contribution in [1.29, 1.82) is 0 Å². The molecule has 100 valence electrons. The lowest BCUT2D eigenvalue weighted by Gasteiger charge is -2.17. The van der Waals surface area contributed by atoms with Crippen LogP contribution in [0.25, 0.3) is 0 Å². The zero-order chi connectivity index (χ0) is 13.8. The van der Waals surface area contributed by atoms with Gasteiger partial charge in [-0.2, -0.15) is 5.01 Å². The van der Waals surface area contributed by atoms with E-state index in [1.165, 1.54) is 0 Å². The fourth-order valence-electron chi connectivity index (χ4n) is 2.55. The maximum Gasteiger partial charge on any atom is 0.344 e. The van der Waals surface area contributed by atoms with Crippen LogP contribution in [-0.4, -0.2) is 22.5 Å². The van der Waals surface area contributed by atoms with Gasteiger partial charge in [-0.1, -0.05) is 37.6 Å². The molecule has 2 aliphatic rings. The van der Waals surface area contributed by atoms with E-state index >= 15 is 0 Å². The lowest BCUT2D eigenvalue weighted by molar-refractivity contribution is -0.128. The van der Waals surface area contributed by atoms with Crippen molar-refractivity contribution in [3.63, 3.8) is 0 Å². The Hall–Kier alpha value is -1.75. The molecule has 6 heteroatoms. The lowest BCUT2D eigenvalue weighted by Crippen LogP contribution is -2.38. The molecular formula is C13H14ClN3O2. The Morgan fingerprint density at radius 1 is 1.32 bits per heavy atom. The Labute approximate surface area is 115 Å². The fraction of sp³-hybridized carbons (Fsp3) is 0.385. The van der Waals surface area contributed by atoms with Gasteiger partial charge < -0.3 is 5.32 Å². The van der Waals surface area contributed by atoms with Gasteiger partial charge in [-0.3, -0.25) is 10.2 Å². The zero-order valence-electron chi connectivity index (χ0n) is 10.7. The Kier molecular flexibility index (Phi) is 2.35. The SMILES string of the molecule is CC1(C)CC12NC(=O)N(Nc1ccccc1Cl)C2=O. The number of carbonyl (C=O) groups excluding carboxylic acids is 2. The van der Waals surface area contributed by atoms with Gasteiger partial charge in [0, 0.05) is 0 Å². The van der Waals surface area contributed by atoms with E-state index in [1.807, 2.05) is 13.8 Å². The highest BCUT2D eigenvalue weighted by Crippen LogP contribution is 2.58. The lowest BCUT2D eigenvalue weighted by atomic mass is 10.1. The number of urea groups is 1. The van der Waals surface area contributed by atoms with Crippen LogP contribution >= 0.6 is 11.6 Å². The first-order valence-electron chi connectivity index (χ1n) is 6.05. The Morgan fingerprint density at radius 2 is 1.95 bits per heavy atom. The summed E-state index contributed by atoms with van der Waals surface area (Å²) in [6.45, 7) is 3.92. The summed E-state index contributed by atoms with van der Waals surface area (Å²) in [6, 6.07) is 6.54. The first-order valence-corrected chi connectivity index (χ1v) is 6.43. The van der Waals surface area contributed by atoms with Crippen molar-refractivity contribution < 1.29 is 9.59 Å². The number of rotatable bonds is 2. The molecule has 1 saturated carbocycles. The number of hydrazine groups is 1. The molecule has 1 atom stereocenters. The van der Waals surface area contributed by atoms with Gasteiger partial charge in [-0.15, -0.1) is 0 Å². The minimum absolute atomic E-state index is 0.198. The van der Waals surface area contributed by atoms with E-state index in [-0.39, 0.29) is 11.3 Å². The summed E-state index contributed by atoms with van der Waals surface area (Å²) in [5.41, 5.74) is 2.36. The maximum atomic E-state index is 12.4. The number of carbonyl (C=O) groups is 2. The van der Waals surface area contributed by atoms with Crippen molar-refractivity contribution in [2.75, 3.05) is 5.43 Å². The van der Waals surface area contributed by atoms with E-state index in [9.17, 15) is 9.59 Å². The molecule has 5 nitrogen and oxygen atoms in total. The van der Waals surface area contributed by atoms with Crippen molar-refractivity contribution in [3.05, 3.63) is 29.3 Å². The predicted octanol–water partition coefficient (Wildman–Crippen LogP) is 2.39. The Bertz CT molecular complexity index is 587. The van der Waals surface area contributed by atoms with E-state index in [0.717, 1.165) is 5.01 Å². The van der Waals surface area contributed by atoms with Gasteiger partial charge >= 0.3 is 6.03 Å². The van der Waals surface area contributed by atoms with E-state index in [2.05, 4.69) is 10.7 Å². The van der Waals surface area contributed by atoms with E-state index in [0.29, 0.717) is 17.1 Å². The van der Waals surface area contributed by atoms with Crippen LogP contribution in [0.5, 0.6) is 0 Å². The summed E-state index contributed by atoms with van der Waals surface area (Å²) in [5, 5.41) is 4.23. The minimum Gasteiger partial charge on any atom is -0.321 e. The van der Waals surface area contributed by atoms with Crippen LogP contribution < -0.4 is 10.7 Å². The highest BCUT2D eigenvalue weighted by atomic mass is 35.5. The van der Waals surface area contributed by atoms with Crippen molar-refractivity contribution in [2.24, 2.45) is 5.41 Å². The van der Waals surface area contributed by atoms with Crippen molar-refractivity contribution in [2.45, 2.75) is 25.8 Å². The van der Waals surface area contributed by atoms with Gasteiger partial charge in [0.1, 0.15) is 5.54 Å². The van der Waals surface area contributed by atoms with Crippen LogP contribution in [0.4, 0.5) is 10.5 Å². The number of nitrogens with one attached hydrogen (secondary N) is 2. The molecule has 0 bridgehead atoms. The van der Waals surface area contributed by atoms with E-state index in [1.54, 1.807) is 24.3 Å². The summed E-state index contributed by atoms with van der Waals surface area (Å²) in [6.07, 6.45) is 0.658. The third-order valence-corrected chi connectivity index (χ3v) is 4.26. The topological polar surface area (TPSA) is 61.4 Å². The van der Waals surface area contributed by atoms with Crippen LogP contribution in [0.1, 0.15) is 20.3 Å². The van der Waals surface area contributed by atoms with Gasteiger partial charge in [-0.05, 0) is 24.0 Å². The Balaban J connectivity index is 1.86. The molecule has 3 amide bonds. The van der Waals surface area contributed by atoms with Crippen molar-refractivity contribution in [3.8, 4) is 0 Å². The molecule has 1 aliphatic carbocycles. The fourth-order valence-corrected chi connectivity index (χ4v) is 2.72. The second-order valence-electron chi connectivity index (χ2n) is 5.63. The summed E-state index contributed by atoms with van der Waals surface area (Å²) in [5.74, 6) is -0.248. The molecule has 1 unspecified atom stereocenters. The molecule has 1 spiro atoms. The van der Waals surface area contributed by atoms with Gasteiger partial charge in [0.2, 0.25) is 0 Å². The van der Waals surface area contributed by atoms with Gasteiger partial charge in [0.25, 0.3) is 5.91 Å². The van der Waals surface area contributed by atoms with E-state index in [4.69, 9.17) is 11.6 Å². The van der Waals surface area contributed by atoms with Crippen LogP contribution in [0.2, 0.25) is 5.02 Å². The van der Waals surface area contributed by atoms with Crippen LogP contribution in [0.15, 0.2) is 24.3 Å². The van der Waals surface area contributed by atoms with Crippen molar-refractivity contribution in [1.82, 2.24) is 10.3 Å². The highest BCUT2D eigenvalue weighted by molar-refractivity contribution is 6.33. The van der Waals surface area contributed by atoms with E-state index < -0.39 is 11.6 Å². The third-order valence-electron chi connectivity index (χ3n) is 3.94. The summed E-state index contributed by atoms with van der Waals surface area (Å²) < 4.78 is 0. The first-order chi connectivity index (χ1) is 8.87. The largest absolute Gasteiger partial charge is 0.344 e. The van der Waals surface area contributed by atoms with Crippen LogP contribution in [0, 0.1) is 5.41 Å². The molecule has 0 radical (unpaired) electrons. The highest BCUT2D eigenvalue weighted by Gasteiger charge is 2.72. The normalized spacial score (nSPS) is 27.6. The predicted molar refractivity (Wildman–Crippen MR) is 71.6 cm³/mol. The number of para-hydroxylation sites is 1. The quantitative estimate of drug-likeness (QED) is 0.817. The van der Waals surface area contributed by atoms with Crippen LogP contribution in [-0.2, 0) is 4.79 Å². The first kappa shape index (κ1) is 12.3. The maximum absolute atomic E-state index is 12.4. The molecule has 0 aromatic heterocycles. The number of nitrogens with zero attached hydrogens (tertiary/aromatic N) is 1. The minimum atomic E-state index is -0.752. The number of imide groups is 1. The number of hydrogen-bond donors (Lipinski definition) is 2. The number of halogens is 1. The van der Waals surface area contributed by atoms with Gasteiger partial charge in [0.05, 0.1) is 10.7 Å². The van der Waals surface area contributed by atoms with Crippen LogP contribution in [0.3, 0.4) is 0 Å². The molecule has 1 saturated heterocycles. The number of benzene rings is 1. The summed E-state index contributed by atoms with van der Waals surface area (Å²) in [7, 11) is 0. The average molecular weight is 280 g/mol. The zero-order valence-corrected chi connectivity index (χ0v) is 11.4. The molecule has 1 aromatic carbocycles. The van der Waals surface area contributed by atoms with Gasteiger partial charge in [-0.25, -0.2) is 4.79 Å². The molecular weight excluding hydrogens is 266 g/mol. The summed E-state index contributed by atoms with van der Waals surface area (Å²) >= 11 is 6.01. The average Bonchev–Trinajstić information content (AvgIpc) is 2.81. The summed E-state index contributed by atoms with van der Waals surface area (Å²) in [4.78, 5) is 24.3. The van der Waals surface area contributed by atoms with Gasteiger partial charge in [0.15, 0.2) is 0 Å². The molecule has 2 fully saturated rings. The second-order valence-corrected chi connectivity index (χ2v) is 6.04. The smallest absolute Gasteiger partial charge is 0.321 e. The number of hydrogen-bond acceptors (Lipinski definition) is 3. The third kappa shape index (κ3) is 1.61. The number of anilines is 1. The number of amides is 3. The standard InChI is InChI=1S/C13H14ClN3O2/c1-12(2)7-13(12)10(18)17(11(19)15-13)16-9-6-4-3-5-8(9)14/h3-6,16H,7H2,1-2H3,(H,15,19). The molecule has 3 rings (SSSR count). The molecule has 1 aliphatic heterocycles. The second kappa shape index (κ2) is 3.63. The molecule has 1 aromatic rings. The Morgan fingerprint density at radius 3 is 2.47 bits per heavy atom. The molecule has 19 heavy (non-hydrogen) atoms.